The molecule has 0 saturated carbocycles. The van der Waals surface area contributed by atoms with Crippen LogP contribution in [0.5, 0.6) is 5.75 Å². The second-order valence-corrected chi connectivity index (χ2v) is 12.7. The molecular formula is C35H17Cl6F5N2O3. The Morgan fingerprint density at radius 1 is 0.529 bits per heavy atom. The van der Waals surface area contributed by atoms with Gasteiger partial charge in [0, 0.05) is 36.7 Å². The molecule has 0 saturated heterocycles. The third-order valence-corrected chi connectivity index (χ3v) is 9.05. The van der Waals surface area contributed by atoms with Gasteiger partial charge in [0.25, 0.3) is 0 Å². The van der Waals surface area contributed by atoms with Gasteiger partial charge < -0.3 is 13.9 Å². The van der Waals surface area contributed by atoms with Gasteiger partial charge in [0.05, 0.1) is 51.0 Å². The lowest BCUT2D eigenvalue weighted by Crippen LogP contribution is -2.13. The third-order valence-electron chi connectivity index (χ3n) is 7.17. The molecule has 2 aromatic heterocycles. The van der Waals surface area contributed by atoms with Crippen LogP contribution < -0.4 is 15.6 Å². The lowest BCUT2D eigenvalue weighted by molar-refractivity contribution is 0.407. The summed E-state index contributed by atoms with van der Waals surface area (Å²) in [4.78, 5) is 24.3. The van der Waals surface area contributed by atoms with Gasteiger partial charge in [-0.3, -0.25) is 9.59 Å². The van der Waals surface area contributed by atoms with Crippen LogP contribution in [0, 0.1) is 29.1 Å². The van der Waals surface area contributed by atoms with E-state index in [4.69, 9.17) is 74.3 Å². The Morgan fingerprint density at radius 2 is 0.882 bits per heavy atom. The largest absolute Gasteiger partial charge is 0.497 e. The highest BCUT2D eigenvalue weighted by Crippen LogP contribution is 2.38. The number of nitrogens with zero attached hydrogens (tertiary/aromatic N) is 2. The van der Waals surface area contributed by atoms with E-state index in [9.17, 15) is 31.5 Å². The van der Waals surface area contributed by atoms with Gasteiger partial charge in [-0.2, -0.15) is 0 Å². The molecule has 262 valence electrons. The molecule has 16 heteroatoms. The van der Waals surface area contributed by atoms with Gasteiger partial charge in [0.1, 0.15) is 54.9 Å². The van der Waals surface area contributed by atoms with E-state index in [1.54, 1.807) is 42.5 Å². The summed E-state index contributed by atoms with van der Waals surface area (Å²) in [6, 6.07) is 15.9. The molecule has 0 amide bonds. The van der Waals surface area contributed by atoms with Crippen LogP contribution in [0.2, 0.25) is 30.1 Å². The Kier molecular flexibility index (Phi) is 11.8. The summed E-state index contributed by atoms with van der Waals surface area (Å²) in [7, 11) is 1.28. The first-order valence-corrected chi connectivity index (χ1v) is 16.3. The zero-order valence-electron chi connectivity index (χ0n) is 25.4. The molecule has 0 N–H and O–H groups in total. The summed E-state index contributed by atoms with van der Waals surface area (Å²) in [6.45, 7) is 0. The van der Waals surface area contributed by atoms with E-state index in [1.165, 1.54) is 28.5 Å². The topological polar surface area (TPSA) is 53.2 Å². The number of para-hydroxylation sites is 2. The number of rotatable bonds is 5. The first-order valence-electron chi connectivity index (χ1n) is 14.1. The third kappa shape index (κ3) is 7.62. The molecule has 4 aromatic carbocycles. The molecule has 0 bridgehead atoms. The summed E-state index contributed by atoms with van der Waals surface area (Å²) in [5, 5.41) is -0.928. The van der Waals surface area contributed by atoms with Crippen molar-refractivity contribution in [2.75, 3.05) is 7.11 Å². The fourth-order valence-corrected chi connectivity index (χ4v) is 6.42. The van der Waals surface area contributed by atoms with Crippen LogP contribution in [0.4, 0.5) is 22.0 Å². The summed E-state index contributed by atoms with van der Waals surface area (Å²) in [5.41, 5.74) is -2.62. The molecule has 6 aromatic rings. The molecule has 0 radical (unpaired) electrons. The minimum absolute atomic E-state index is 0.0134. The number of hydrogen-bond acceptors (Lipinski definition) is 3. The highest BCUT2D eigenvalue weighted by molar-refractivity contribution is 6.37. The zero-order chi connectivity index (χ0) is 37.3. The molecule has 0 unspecified atom stereocenters. The van der Waals surface area contributed by atoms with Crippen LogP contribution in [-0.2, 0) is 0 Å². The van der Waals surface area contributed by atoms with Crippen molar-refractivity contribution < 1.29 is 26.7 Å². The Hall–Kier alpha value is -4.03. The van der Waals surface area contributed by atoms with Crippen molar-refractivity contribution in [2.24, 2.45) is 0 Å². The summed E-state index contributed by atoms with van der Waals surface area (Å²) in [6.07, 6.45) is 2.37. The van der Waals surface area contributed by atoms with Crippen molar-refractivity contribution in [2.45, 2.75) is 0 Å². The first-order chi connectivity index (χ1) is 24.2. The van der Waals surface area contributed by atoms with Crippen LogP contribution in [0.15, 0.2) is 94.8 Å². The molecule has 0 spiro atoms. The fourth-order valence-electron chi connectivity index (χ4n) is 4.91. The van der Waals surface area contributed by atoms with E-state index in [1.807, 2.05) is 0 Å². The molecule has 51 heavy (non-hydrogen) atoms. The van der Waals surface area contributed by atoms with Crippen molar-refractivity contribution >= 4 is 69.6 Å². The number of hydrogen-bond donors (Lipinski definition) is 0. The van der Waals surface area contributed by atoms with Gasteiger partial charge in [-0.05, 0) is 24.3 Å². The number of pyridine rings is 2. The zero-order valence-corrected chi connectivity index (χ0v) is 29.9. The lowest BCUT2D eigenvalue weighted by Gasteiger charge is -2.18. The molecule has 0 atom stereocenters. The second kappa shape index (κ2) is 15.7. The van der Waals surface area contributed by atoms with Gasteiger partial charge in [-0.15, -0.1) is 0 Å². The van der Waals surface area contributed by atoms with E-state index in [2.05, 4.69) is 0 Å². The van der Waals surface area contributed by atoms with Gasteiger partial charge in [0.2, 0.25) is 10.9 Å². The Morgan fingerprint density at radius 3 is 1.24 bits per heavy atom. The van der Waals surface area contributed by atoms with Gasteiger partial charge in [0.15, 0.2) is 0 Å². The Labute approximate surface area is 315 Å². The van der Waals surface area contributed by atoms with E-state index >= 15 is 0 Å². The van der Waals surface area contributed by atoms with Crippen molar-refractivity contribution in [1.82, 2.24) is 9.13 Å². The summed E-state index contributed by atoms with van der Waals surface area (Å²) < 4.78 is 78.4. The maximum Gasteiger partial charge on any atom is 0.219 e. The summed E-state index contributed by atoms with van der Waals surface area (Å²) >= 11 is 36.3. The molecular weight excluding hydrogens is 804 g/mol. The number of ether oxygens (including phenoxy) is 1. The minimum atomic E-state index is -1.22. The van der Waals surface area contributed by atoms with Crippen LogP contribution in [0.1, 0.15) is 0 Å². The van der Waals surface area contributed by atoms with E-state index in [0.29, 0.717) is 17.8 Å². The molecule has 0 aliphatic heterocycles. The number of aromatic nitrogens is 2. The number of halogens is 11. The average Bonchev–Trinajstić information content (AvgIpc) is 3.08. The van der Waals surface area contributed by atoms with E-state index < -0.39 is 61.1 Å². The van der Waals surface area contributed by atoms with Crippen LogP contribution >= 0.6 is 69.6 Å². The quantitative estimate of drug-likeness (QED) is 0.163. The van der Waals surface area contributed by atoms with Crippen LogP contribution in [0.3, 0.4) is 0 Å². The average molecular weight is 821 g/mol. The van der Waals surface area contributed by atoms with Gasteiger partial charge >= 0.3 is 0 Å². The molecule has 0 fully saturated rings. The van der Waals surface area contributed by atoms with Gasteiger partial charge in [-0.25, -0.2) is 22.0 Å². The molecule has 0 aliphatic carbocycles. The standard InChI is InChI=1S/C18H10Cl3F2NO2.C17H7Cl3F3NO/c1-26-9-6-12(22)15(13(23)7-9)17-16(21)18(25)11(20)8-24(17)14-5-3-2-4-10(14)19;18-9-3-1-2-4-13(9)24-7-10(19)17(25)15(20)16(24)14-11(22)5-8(21)6-12(14)23/h2-8H,1H3;1-7H. The molecule has 2 heterocycles. The van der Waals surface area contributed by atoms with E-state index in [-0.39, 0.29) is 42.9 Å². The maximum atomic E-state index is 14.6. The van der Waals surface area contributed by atoms with Crippen molar-refractivity contribution in [3.05, 3.63) is 165 Å². The first kappa shape index (κ1) is 38.2. The van der Waals surface area contributed by atoms with Crippen molar-refractivity contribution in [3.63, 3.8) is 0 Å². The van der Waals surface area contributed by atoms with Crippen LogP contribution in [0.25, 0.3) is 33.9 Å². The fraction of sp³-hybridized carbons (Fsp3) is 0.0286. The normalized spacial score (nSPS) is 10.9. The number of methoxy groups -OCH3 is 1. The Balaban J connectivity index is 0.000000198. The van der Waals surface area contributed by atoms with Crippen molar-refractivity contribution in [3.8, 4) is 39.6 Å². The molecule has 5 nitrogen and oxygen atoms in total. The summed E-state index contributed by atoms with van der Waals surface area (Å²) in [5.74, 6) is -5.46. The minimum Gasteiger partial charge on any atom is -0.497 e. The van der Waals surface area contributed by atoms with Crippen LogP contribution in [-0.4, -0.2) is 16.2 Å². The predicted molar refractivity (Wildman–Crippen MR) is 191 cm³/mol. The maximum absolute atomic E-state index is 14.6. The van der Waals surface area contributed by atoms with Crippen molar-refractivity contribution in [1.29, 1.82) is 0 Å². The number of benzene rings is 4. The molecule has 6 rings (SSSR count). The monoisotopic (exact) mass is 818 g/mol. The Bertz CT molecular complexity index is 2410. The second-order valence-electron chi connectivity index (χ2n) is 10.3. The highest BCUT2D eigenvalue weighted by Gasteiger charge is 2.25. The van der Waals surface area contributed by atoms with Gasteiger partial charge in [-0.1, -0.05) is 93.9 Å². The van der Waals surface area contributed by atoms with E-state index in [0.717, 1.165) is 18.3 Å². The lowest BCUT2D eigenvalue weighted by atomic mass is 10.1. The smallest absolute Gasteiger partial charge is 0.219 e. The highest BCUT2D eigenvalue weighted by atomic mass is 35.5. The molecule has 0 aliphatic rings. The SMILES string of the molecule is COc1cc(F)c(-c2c(Cl)c(=O)c(Cl)cn2-c2ccccc2Cl)c(F)c1.O=c1c(Cl)cn(-c2ccccc2Cl)c(-c2c(F)cc(F)cc2F)c1Cl. The predicted octanol–water partition coefficient (Wildman–Crippen LogP) is 11.6.